The van der Waals surface area contributed by atoms with Crippen LogP contribution in [0.3, 0.4) is 0 Å². The summed E-state index contributed by atoms with van der Waals surface area (Å²) in [5.41, 5.74) is 0.0862. The number of amides is 1. The average Bonchev–Trinajstić information content (AvgIpc) is 2.78. The van der Waals surface area contributed by atoms with Crippen molar-refractivity contribution in [2.45, 2.75) is 11.0 Å². The van der Waals surface area contributed by atoms with Crippen LogP contribution in [0.2, 0.25) is 5.02 Å². The molecule has 2 aliphatic rings. The third-order valence-corrected chi connectivity index (χ3v) is 7.07. The summed E-state index contributed by atoms with van der Waals surface area (Å²) in [4.78, 5) is 12.7. The summed E-state index contributed by atoms with van der Waals surface area (Å²) in [5.74, 6) is 0.783. The Morgan fingerprint density at radius 1 is 1.13 bits per heavy atom. The molecular weight excluding hydrogens is 432 g/mol. The Labute approximate surface area is 179 Å². The van der Waals surface area contributed by atoms with Gasteiger partial charge < -0.3 is 19.5 Å². The van der Waals surface area contributed by atoms with Crippen LogP contribution >= 0.6 is 11.6 Å². The molecule has 1 amide bonds. The number of sulfonamides is 1. The lowest BCUT2D eigenvalue weighted by molar-refractivity contribution is 0.0730. The van der Waals surface area contributed by atoms with Crippen molar-refractivity contribution < 1.29 is 27.4 Å². The molecule has 8 nitrogen and oxygen atoms in total. The maximum absolute atomic E-state index is 12.9. The Morgan fingerprint density at radius 3 is 2.63 bits per heavy atom. The molecule has 0 spiro atoms. The summed E-state index contributed by atoms with van der Waals surface area (Å²) in [6.45, 7) is 1.69. The van der Waals surface area contributed by atoms with Crippen molar-refractivity contribution in [3.8, 4) is 11.5 Å². The van der Waals surface area contributed by atoms with Crippen molar-refractivity contribution in [3.63, 3.8) is 0 Å². The molecule has 1 fully saturated rings. The van der Waals surface area contributed by atoms with E-state index in [1.54, 1.807) is 6.07 Å². The number of carbonyl (C=O) groups excluding carboxylic acids is 1. The molecule has 2 heterocycles. The zero-order valence-electron chi connectivity index (χ0n) is 16.0. The molecule has 4 rings (SSSR count). The maximum Gasteiger partial charge on any atom is 0.252 e. The van der Waals surface area contributed by atoms with E-state index in [0.717, 1.165) is 0 Å². The molecule has 0 aromatic heterocycles. The molecule has 30 heavy (non-hydrogen) atoms. The van der Waals surface area contributed by atoms with E-state index >= 15 is 0 Å². The van der Waals surface area contributed by atoms with E-state index in [-0.39, 0.29) is 47.8 Å². The maximum atomic E-state index is 12.9. The first kappa shape index (κ1) is 20.9. The van der Waals surface area contributed by atoms with Gasteiger partial charge in [0, 0.05) is 13.1 Å². The fourth-order valence-corrected chi connectivity index (χ4v) is 4.88. The second kappa shape index (κ2) is 8.81. The first-order chi connectivity index (χ1) is 14.4. The third kappa shape index (κ3) is 4.39. The van der Waals surface area contributed by atoms with Crippen LogP contribution in [0.15, 0.2) is 47.4 Å². The lowest BCUT2D eigenvalue weighted by Gasteiger charge is -2.27. The SMILES string of the molecule is O=C(NCC1COc2ccccc2O1)c1cc(S(=O)(=O)N2CCOCC2)ccc1Cl. The van der Waals surface area contributed by atoms with Gasteiger partial charge in [0.2, 0.25) is 10.0 Å². The van der Waals surface area contributed by atoms with Crippen molar-refractivity contribution in [3.05, 3.63) is 53.1 Å². The zero-order chi connectivity index (χ0) is 21.1. The topological polar surface area (TPSA) is 94.2 Å². The summed E-state index contributed by atoms with van der Waals surface area (Å²) < 4.78 is 43.7. The van der Waals surface area contributed by atoms with Gasteiger partial charge in [-0.15, -0.1) is 0 Å². The minimum absolute atomic E-state index is 0.0186. The second-order valence-corrected chi connectivity index (χ2v) is 9.21. The highest BCUT2D eigenvalue weighted by Gasteiger charge is 2.28. The van der Waals surface area contributed by atoms with Crippen molar-refractivity contribution in [1.82, 2.24) is 9.62 Å². The minimum Gasteiger partial charge on any atom is -0.486 e. The van der Waals surface area contributed by atoms with Crippen molar-refractivity contribution >= 4 is 27.5 Å². The van der Waals surface area contributed by atoms with Crippen molar-refractivity contribution in [1.29, 1.82) is 0 Å². The van der Waals surface area contributed by atoms with Gasteiger partial charge in [-0.05, 0) is 30.3 Å². The van der Waals surface area contributed by atoms with E-state index in [1.165, 1.54) is 22.5 Å². The van der Waals surface area contributed by atoms with Crippen LogP contribution < -0.4 is 14.8 Å². The number of hydrogen-bond donors (Lipinski definition) is 1. The number of rotatable bonds is 5. The molecule has 10 heteroatoms. The standard InChI is InChI=1S/C20H21ClN2O6S/c21-17-6-5-15(30(25,26)23-7-9-27-10-8-23)11-16(17)20(24)22-12-14-13-28-18-3-1-2-4-19(18)29-14/h1-6,11,14H,7-10,12-13H2,(H,22,24). The van der Waals surface area contributed by atoms with Gasteiger partial charge in [0.05, 0.1) is 35.2 Å². The van der Waals surface area contributed by atoms with E-state index in [0.29, 0.717) is 24.7 Å². The lowest BCUT2D eigenvalue weighted by Crippen LogP contribution is -2.41. The molecule has 1 saturated heterocycles. The molecule has 1 atom stereocenters. The Kier molecular flexibility index (Phi) is 6.14. The Balaban J connectivity index is 1.45. The van der Waals surface area contributed by atoms with Crippen LogP contribution in [-0.2, 0) is 14.8 Å². The number of hydrogen-bond acceptors (Lipinski definition) is 6. The number of nitrogens with zero attached hydrogens (tertiary/aromatic N) is 1. The highest BCUT2D eigenvalue weighted by Crippen LogP contribution is 2.30. The summed E-state index contributed by atoms with van der Waals surface area (Å²) in [6.07, 6.45) is -0.372. The molecule has 2 aromatic carbocycles. The number of halogens is 1. The first-order valence-corrected chi connectivity index (χ1v) is 11.3. The average molecular weight is 453 g/mol. The highest BCUT2D eigenvalue weighted by atomic mass is 35.5. The molecule has 2 aromatic rings. The molecule has 2 aliphatic heterocycles. The molecule has 0 bridgehead atoms. The predicted molar refractivity (Wildman–Crippen MR) is 110 cm³/mol. The van der Waals surface area contributed by atoms with E-state index < -0.39 is 15.9 Å². The lowest BCUT2D eigenvalue weighted by atomic mass is 10.2. The minimum atomic E-state index is -3.73. The number of nitrogens with one attached hydrogen (secondary N) is 1. The smallest absolute Gasteiger partial charge is 0.252 e. The number of carbonyl (C=O) groups is 1. The van der Waals surface area contributed by atoms with Gasteiger partial charge in [-0.3, -0.25) is 4.79 Å². The largest absolute Gasteiger partial charge is 0.486 e. The fourth-order valence-electron chi connectivity index (χ4n) is 3.24. The van der Waals surface area contributed by atoms with E-state index in [9.17, 15) is 13.2 Å². The van der Waals surface area contributed by atoms with Crippen LogP contribution in [0.25, 0.3) is 0 Å². The molecule has 0 radical (unpaired) electrons. The summed E-state index contributed by atoms with van der Waals surface area (Å²) in [6, 6.07) is 11.4. The number of para-hydroxylation sites is 2. The summed E-state index contributed by atoms with van der Waals surface area (Å²) in [5, 5.41) is 2.91. The predicted octanol–water partition coefficient (Wildman–Crippen LogP) is 1.93. The van der Waals surface area contributed by atoms with E-state index in [1.807, 2.05) is 18.2 Å². The molecule has 1 unspecified atom stereocenters. The molecule has 0 saturated carbocycles. The highest BCUT2D eigenvalue weighted by molar-refractivity contribution is 7.89. The monoisotopic (exact) mass is 452 g/mol. The van der Waals surface area contributed by atoms with Gasteiger partial charge in [0.25, 0.3) is 5.91 Å². The third-order valence-electron chi connectivity index (χ3n) is 4.85. The summed E-state index contributed by atoms with van der Waals surface area (Å²) >= 11 is 6.17. The number of morpholine rings is 1. The number of benzene rings is 2. The van der Waals surface area contributed by atoms with Gasteiger partial charge in [-0.25, -0.2) is 8.42 Å². The molecular formula is C20H21ClN2O6S. The van der Waals surface area contributed by atoms with Crippen LogP contribution in [0.4, 0.5) is 0 Å². The normalized spacial score (nSPS) is 19.3. The van der Waals surface area contributed by atoms with E-state index in [4.69, 9.17) is 25.8 Å². The quantitative estimate of drug-likeness (QED) is 0.745. The van der Waals surface area contributed by atoms with Gasteiger partial charge in [0.1, 0.15) is 12.7 Å². The van der Waals surface area contributed by atoms with Crippen LogP contribution in [0, 0.1) is 0 Å². The van der Waals surface area contributed by atoms with Gasteiger partial charge >= 0.3 is 0 Å². The van der Waals surface area contributed by atoms with Crippen molar-refractivity contribution in [2.24, 2.45) is 0 Å². The first-order valence-electron chi connectivity index (χ1n) is 9.49. The van der Waals surface area contributed by atoms with Crippen LogP contribution in [-0.4, -0.2) is 64.2 Å². The van der Waals surface area contributed by atoms with Crippen molar-refractivity contribution in [2.75, 3.05) is 39.5 Å². The summed E-state index contributed by atoms with van der Waals surface area (Å²) in [7, 11) is -3.73. The van der Waals surface area contributed by atoms with Crippen LogP contribution in [0.5, 0.6) is 11.5 Å². The Bertz CT molecular complexity index is 1040. The molecule has 0 aliphatic carbocycles. The Hall–Kier alpha value is -2.33. The number of fused-ring (bicyclic) bond motifs is 1. The number of ether oxygens (including phenoxy) is 3. The van der Waals surface area contributed by atoms with Gasteiger partial charge in [-0.1, -0.05) is 23.7 Å². The van der Waals surface area contributed by atoms with Gasteiger partial charge in [0.15, 0.2) is 11.5 Å². The Morgan fingerprint density at radius 2 is 1.87 bits per heavy atom. The second-order valence-electron chi connectivity index (χ2n) is 6.87. The van der Waals surface area contributed by atoms with Crippen LogP contribution in [0.1, 0.15) is 10.4 Å². The van der Waals surface area contributed by atoms with Gasteiger partial charge in [-0.2, -0.15) is 4.31 Å². The molecule has 1 N–H and O–H groups in total. The fraction of sp³-hybridized carbons (Fsp3) is 0.350. The zero-order valence-corrected chi connectivity index (χ0v) is 17.6. The molecule has 160 valence electrons. The van der Waals surface area contributed by atoms with E-state index in [2.05, 4.69) is 5.32 Å².